The Bertz CT molecular complexity index is 606. The first-order valence-corrected chi connectivity index (χ1v) is 6.98. The lowest BCUT2D eigenvalue weighted by atomic mass is 9.94. The van der Waals surface area contributed by atoms with Gasteiger partial charge in [-0.2, -0.15) is 0 Å². The number of hydrogen-bond donors (Lipinski definition) is 2. The van der Waals surface area contributed by atoms with Crippen molar-refractivity contribution in [3.8, 4) is 11.8 Å². The van der Waals surface area contributed by atoms with Crippen molar-refractivity contribution in [3.05, 3.63) is 47.5 Å². The summed E-state index contributed by atoms with van der Waals surface area (Å²) in [5.41, 5.74) is 6.41. The Morgan fingerprint density at radius 1 is 1.24 bits per heavy atom. The molecule has 0 fully saturated rings. The van der Waals surface area contributed by atoms with E-state index in [9.17, 15) is 9.59 Å². The normalized spacial score (nSPS) is 16.7. The fraction of sp³-hybridized carbons (Fsp3) is 0.294. The maximum absolute atomic E-state index is 11.9. The van der Waals surface area contributed by atoms with Crippen molar-refractivity contribution in [2.75, 3.05) is 6.54 Å². The molecule has 0 saturated heterocycles. The molecule has 108 valence electrons. The molecular weight excluding hydrogens is 264 g/mol. The van der Waals surface area contributed by atoms with E-state index < -0.39 is 5.91 Å². The van der Waals surface area contributed by atoms with Crippen LogP contribution >= 0.6 is 0 Å². The lowest BCUT2D eigenvalue weighted by Gasteiger charge is -2.16. The molecule has 4 nitrogen and oxygen atoms in total. The van der Waals surface area contributed by atoms with E-state index in [1.165, 1.54) is 0 Å². The van der Waals surface area contributed by atoms with Crippen molar-refractivity contribution in [2.24, 2.45) is 11.7 Å². The Hall–Kier alpha value is -2.54. The highest BCUT2D eigenvalue weighted by Gasteiger charge is 2.17. The molecule has 0 saturated carbocycles. The van der Waals surface area contributed by atoms with Crippen molar-refractivity contribution in [1.29, 1.82) is 0 Å². The van der Waals surface area contributed by atoms with Gasteiger partial charge in [0.05, 0.1) is 6.54 Å². The Morgan fingerprint density at radius 3 is 2.62 bits per heavy atom. The Morgan fingerprint density at radius 2 is 2.00 bits per heavy atom. The average Bonchev–Trinajstić information content (AvgIpc) is 2.52. The van der Waals surface area contributed by atoms with Crippen molar-refractivity contribution in [2.45, 2.75) is 19.3 Å². The summed E-state index contributed by atoms with van der Waals surface area (Å²) in [5.74, 6) is 5.53. The molecule has 1 atom stereocenters. The van der Waals surface area contributed by atoms with E-state index in [1.807, 2.05) is 0 Å². The minimum Gasteiger partial charge on any atom is -0.366 e. The molecule has 1 unspecified atom stereocenters. The largest absolute Gasteiger partial charge is 0.366 e. The molecule has 4 heteroatoms. The summed E-state index contributed by atoms with van der Waals surface area (Å²) in [6.07, 6.45) is 6.85. The quantitative estimate of drug-likeness (QED) is 0.653. The van der Waals surface area contributed by atoms with Gasteiger partial charge in [0.15, 0.2) is 0 Å². The molecule has 0 aliphatic heterocycles. The van der Waals surface area contributed by atoms with Gasteiger partial charge in [0.2, 0.25) is 11.8 Å². The van der Waals surface area contributed by atoms with Gasteiger partial charge in [-0.05, 0) is 43.5 Å². The van der Waals surface area contributed by atoms with Crippen LogP contribution in [0.4, 0.5) is 0 Å². The van der Waals surface area contributed by atoms with Gasteiger partial charge in [0.1, 0.15) is 0 Å². The molecule has 1 aliphatic carbocycles. The van der Waals surface area contributed by atoms with Crippen LogP contribution in [0.2, 0.25) is 0 Å². The van der Waals surface area contributed by atoms with Crippen molar-refractivity contribution in [1.82, 2.24) is 5.32 Å². The van der Waals surface area contributed by atoms with Gasteiger partial charge in [-0.1, -0.05) is 24.0 Å². The smallest absolute Gasteiger partial charge is 0.248 e. The third-order valence-electron chi connectivity index (χ3n) is 3.39. The van der Waals surface area contributed by atoms with Gasteiger partial charge in [-0.25, -0.2) is 0 Å². The van der Waals surface area contributed by atoms with Crippen molar-refractivity contribution in [3.63, 3.8) is 0 Å². The van der Waals surface area contributed by atoms with Crippen LogP contribution in [0.1, 0.15) is 35.2 Å². The monoisotopic (exact) mass is 282 g/mol. The predicted molar refractivity (Wildman–Crippen MR) is 81.3 cm³/mol. The lowest BCUT2D eigenvalue weighted by molar-refractivity contribution is -0.124. The fourth-order valence-corrected chi connectivity index (χ4v) is 2.17. The molecule has 0 spiro atoms. The van der Waals surface area contributed by atoms with Crippen LogP contribution < -0.4 is 11.1 Å². The molecule has 21 heavy (non-hydrogen) atoms. The molecule has 0 radical (unpaired) electrons. The van der Waals surface area contributed by atoms with Crippen LogP contribution in [0.15, 0.2) is 36.4 Å². The first kappa shape index (κ1) is 14.9. The Labute approximate surface area is 124 Å². The number of amides is 2. The third-order valence-corrected chi connectivity index (χ3v) is 3.39. The zero-order chi connectivity index (χ0) is 15.1. The molecule has 3 N–H and O–H groups in total. The highest BCUT2D eigenvalue weighted by molar-refractivity contribution is 5.92. The Balaban J connectivity index is 1.82. The van der Waals surface area contributed by atoms with E-state index in [-0.39, 0.29) is 11.8 Å². The maximum atomic E-state index is 11.9. The minimum absolute atomic E-state index is 0.0673. The van der Waals surface area contributed by atoms with Gasteiger partial charge in [-0.3, -0.25) is 9.59 Å². The molecule has 1 aromatic rings. The van der Waals surface area contributed by atoms with Crippen molar-refractivity contribution >= 4 is 11.8 Å². The van der Waals surface area contributed by atoms with E-state index in [1.54, 1.807) is 24.3 Å². The standard InChI is InChI=1S/C17H18N2O2/c18-16(20)14-10-8-13(9-11-14)5-4-12-19-17(21)15-6-2-1-3-7-15/h1-2,8-11,15H,3,6-7,12H2,(H2,18,20)(H,19,21). The maximum Gasteiger partial charge on any atom is 0.248 e. The second-order valence-corrected chi connectivity index (χ2v) is 4.94. The van der Waals surface area contributed by atoms with Crippen molar-refractivity contribution < 1.29 is 9.59 Å². The van der Waals surface area contributed by atoms with E-state index in [4.69, 9.17) is 5.73 Å². The molecule has 1 aliphatic rings. The second-order valence-electron chi connectivity index (χ2n) is 4.94. The number of nitrogens with two attached hydrogens (primary N) is 1. The molecular formula is C17H18N2O2. The molecule has 1 aromatic carbocycles. The summed E-state index contributed by atoms with van der Waals surface area (Å²) in [6, 6.07) is 6.75. The molecule has 2 amide bonds. The minimum atomic E-state index is -0.455. The highest BCUT2D eigenvalue weighted by Crippen LogP contribution is 2.17. The number of hydrogen-bond acceptors (Lipinski definition) is 2. The van der Waals surface area contributed by atoms with Gasteiger partial charge >= 0.3 is 0 Å². The Kier molecular flexibility index (Phi) is 5.16. The summed E-state index contributed by atoms with van der Waals surface area (Å²) in [4.78, 5) is 22.8. The van der Waals surface area contributed by atoms with E-state index in [0.717, 1.165) is 24.8 Å². The molecule has 0 aromatic heterocycles. The summed E-state index contributed by atoms with van der Waals surface area (Å²) >= 11 is 0. The third kappa shape index (κ3) is 4.50. The van der Waals surface area contributed by atoms with Gasteiger partial charge in [0.25, 0.3) is 0 Å². The number of allylic oxidation sites excluding steroid dienone is 2. The molecule has 2 rings (SSSR count). The van der Waals surface area contributed by atoms with Gasteiger partial charge in [0, 0.05) is 17.0 Å². The SMILES string of the molecule is NC(=O)c1ccc(C#CCNC(=O)C2CC=CCC2)cc1. The number of nitrogens with one attached hydrogen (secondary N) is 1. The summed E-state index contributed by atoms with van der Waals surface area (Å²) in [5, 5.41) is 2.83. The van der Waals surface area contributed by atoms with E-state index >= 15 is 0 Å². The number of carbonyl (C=O) groups is 2. The zero-order valence-electron chi connectivity index (χ0n) is 11.8. The highest BCUT2D eigenvalue weighted by atomic mass is 16.2. The lowest BCUT2D eigenvalue weighted by Crippen LogP contribution is -2.31. The fourth-order valence-electron chi connectivity index (χ4n) is 2.17. The van der Waals surface area contributed by atoms with Crippen LogP contribution in [0.3, 0.4) is 0 Å². The molecule has 0 heterocycles. The molecule has 0 bridgehead atoms. The number of rotatable bonds is 3. The first-order chi connectivity index (χ1) is 10.2. The summed E-state index contributed by atoms with van der Waals surface area (Å²) < 4.78 is 0. The van der Waals surface area contributed by atoms with E-state index in [2.05, 4.69) is 29.3 Å². The van der Waals surface area contributed by atoms with Crippen LogP contribution in [-0.2, 0) is 4.79 Å². The van der Waals surface area contributed by atoms with Crippen LogP contribution in [0.25, 0.3) is 0 Å². The topological polar surface area (TPSA) is 72.2 Å². The van der Waals surface area contributed by atoms with Crippen LogP contribution in [0, 0.1) is 17.8 Å². The zero-order valence-corrected chi connectivity index (χ0v) is 11.8. The average molecular weight is 282 g/mol. The van der Waals surface area contributed by atoms with Crippen LogP contribution in [-0.4, -0.2) is 18.4 Å². The van der Waals surface area contributed by atoms with Gasteiger partial charge in [-0.15, -0.1) is 0 Å². The summed E-state index contributed by atoms with van der Waals surface area (Å²) in [6.45, 7) is 0.330. The first-order valence-electron chi connectivity index (χ1n) is 6.98. The van der Waals surface area contributed by atoms with Gasteiger partial charge < -0.3 is 11.1 Å². The number of carbonyl (C=O) groups excluding carboxylic acids is 2. The predicted octanol–water partition coefficient (Wildman–Crippen LogP) is 1.61. The van der Waals surface area contributed by atoms with Crippen LogP contribution in [0.5, 0.6) is 0 Å². The number of benzene rings is 1. The summed E-state index contributed by atoms with van der Waals surface area (Å²) in [7, 11) is 0. The van der Waals surface area contributed by atoms with E-state index in [0.29, 0.717) is 12.1 Å². The number of primary amides is 1. The second kappa shape index (κ2) is 7.30.